The fraction of sp³-hybridized carbons (Fsp3) is 0.667. The quantitative estimate of drug-likeness (QED) is 0.843. The molecular formula is C18H26FN3O3. The fourth-order valence-corrected chi connectivity index (χ4v) is 3.66. The number of rotatable bonds is 1. The zero-order chi connectivity index (χ0) is 18.5. The molecule has 138 valence electrons. The van der Waals surface area contributed by atoms with Crippen LogP contribution in [0.2, 0.25) is 0 Å². The second kappa shape index (κ2) is 6.12. The molecule has 2 aliphatic heterocycles. The highest BCUT2D eigenvalue weighted by atomic mass is 19.1. The van der Waals surface area contributed by atoms with E-state index < -0.39 is 17.5 Å². The molecule has 0 bridgehead atoms. The summed E-state index contributed by atoms with van der Waals surface area (Å²) in [7, 11) is 0. The number of nitrogens with zero attached hydrogens (tertiary/aromatic N) is 3. The number of carbonyl (C=O) groups is 1. The maximum atomic E-state index is 14.1. The summed E-state index contributed by atoms with van der Waals surface area (Å²) in [6.07, 6.45) is -0.648. The highest BCUT2D eigenvalue weighted by molar-refractivity contribution is 5.69. The van der Waals surface area contributed by atoms with Gasteiger partial charge in [0, 0.05) is 19.1 Å². The Kier molecular flexibility index (Phi) is 4.39. The molecule has 7 heteroatoms. The van der Waals surface area contributed by atoms with Gasteiger partial charge in [0.15, 0.2) is 0 Å². The van der Waals surface area contributed by atoms with E-state index >= 15 is 0 Å². The van der Waals surface area contributed by atoms with Crippen LogP contribution in [0.3, 0.4) is 0 Å². The van der Waals surface area contributed by atoms with E-state index in [9.17, 15) is 14.3 Å². The number of aliphatic hydroxyl groups excluding tert-OH is 1. The van der Waals surface area contributed by atoms with Crippen molar-refractivity contribution in [2.24, 2.45) is 0 Å². The smallest absolute Gasteiger partial charge is 0.410 e. The van der Waals surface area contributed by atoms with Gasteiger partial charge in [-0.2, -0.15) is 0 Å². The number of ether oxygens (including phenoxy) is 1. The minimum atomic E-state index is -0.956. The van der Waals surface area contributed by atoms with Crippen LogP contribution in [0, 0.1) is 5.82 Å². The van der Waals surface area contributed by atoms with Crippen molar-refractivity contribution in [2.75, 3.05) is 18.0 Å². The van der Waals surface area contributed by atoms with Crippen LogP contribution >= 0.6 is 0 Å². The predicted molar refractivity (Wildman–Crippen MR) is 92.1 cm³/mol. The summed E-state index contributed by atoms with van der Waals surface area (Å²) in [4.78, 5) is 20.6. The second-order valence-electron chi connectivity index (χ2n) is 8.01. The van der Waals surface area contributed by atoms with Crippen LogP contribution in [0.1, 0.15) is 52.0 Å². The molecule has 0 unspecified atom stereocenters. The van der Waals surface area contributed by atoms with E-state index in [-0.39, 0.29) is 23.9 Å². The summed E-state index contributed by atoms with van der Waals surface area (Å²) in [6, 6.07) is 1.54. The van der Waals surface area contributed by atoms with Crippen LogP contribution < -0.4 is 4.90 Å². The lowest BCUT2D eigenvalue weighted by molar-refractivity contribution is 0.0191. The first-order chi connectivity index (χ1) is 11.6. The summed E-state index contributed by atoms with van der Waals surface area (Å²) in [5, 5.41) is 9.73. The predicted octanol–water partition coefficient (Wildman–Crippen LogP) is 2.64. The minimum Gasteiger partial charge on any atom is -0.444 e. The van der Waals surface area contributed by atoms with Gasteiger partial charge in [-0.05, 0) is 52.7 Å². The summed E-state index contributed by atoms with van der Waals surface area (Å²) in [5.74, 6) is 0.240. The third-order valence-electron chi connectivity index (χ3n) is 4.59. The number of aromatic nitrogens is 1. The van der Waals surface area contributed by atoms with Gasteiger partial charge < -0.3 is 19.6 Å². The summed E-state index contributed by atoms with van der Waals surface area (Å²) in [5.41, 5.74) is 0.360. The molecule has 1 aromatic heterocycles. The average molecular weight is 351 g/mol. The number of hydrogen-bond acceptors (Lipinski definition) is 5. The van der Waals surface area contributed by atoms with Crippen molar-refractivity contribution in [3.63, 3.8) is 0 Å². The topological polar surface area (TPSA) is 65.9 Å². The fourth-order valence-electron chi connectivity index (χ4n) is 3.66. The molecular weight excluding hydrogens is 325 g/mol. The lowest BCUT2D eigenvalue weighted by Gasteiger charge is -2.43. The monoisotopic (exact) mass is 351 g/mol. The molecule has 3 heterocycles. The third kappa shape index (κ3) is 3.42. The number of amides is 1. The molecule has 1 aromatic rings. The van der Waals surface area contributed by atoms with Gasteiger partial charge in [0.2, 0.25) is 0 Å². The lowest BCUT2D eigenvalue weighted by Crippen LogP contribution is -2.58. The first kappa shape index (κ1) is 17.9. The standard InChI is InChI=1S/C18H26FN3O3/c1-10-8-21(17(24)25-18(3,4)5)9-13-6-12-7-14(19)15(11(2)23)20-16(12)22(10)13/h7,10-11,13,23H,6,8-9H2,1-5H3/t10-,11+,13-/m1/s1. The Morgan fingerprint density at radius 2 is 2.12 bits per heavy atom. The van der Waals surface area contributed by atoms with Crippen LogP contribution in [0.25, 0.3) is 0 Å². The van der Waals surface area contributed by atoms with Crippen LogP contribution in [0.4, 0.5) is 15.0 Å². The first-order valence-electron chi connectivity index (χ1n) is 8.70. The molecule has 25 heavy (non-hydrogen) atoms. The summed E-state index contributed by atoms with van der Waals surface area (Å²) < 4.78 is 19.6. The summed E-state index contributed by atoms with van der Waals surface area (Å²) in [6.45, 7) is 10.1. The van der Waals surface area contributed by atoms with Crippen molar-refractivity contribution < 1.29 is 19.0 Å². The molecule has 2 aliphatic rings. The van der Waals surface area contributed by atoms with Gasteiger partial charge in [0.1, 0.15) is 22.9 Å². The number of carbonyl (C=O) groups excluding carboxylic acids is 1. The minimum absolute atomic E-state index is 0.0346. The molecule has 3 rings (SSSR count). The van der Waals surface area contributed by atoms with Gasteiger partial charge in [-0.15, -0.1) is 0 Å². The van der Waals surface area contributed by atoms with Gasteiger partial charge in [-0.3, -0.25) is 0 Å². The normalized spacial score (nSPS) is 24.0. The molecule has 0 aliphatic carbocycles. The average Bonchev–Trinajstić information content (AvgIpc) is 2.81. The van der Waals surface area contributed by atoms with Gasteiger partial charge in [0.05, 0.1) is 12.1 Å². The number of aliphatic hydroxyl groups is 1. The molecule has 6 nitrogen and oxygen atoms in total. The Hall–Kier alpha value is -1.89. The van der Waals surface area contributed by atoms with E-state index in [2.05, 4.69) is 9.88 Å². The first-order valence-corrected chi connectivity index (χ1v) is 8.70. The van der Waals surface area contributed by atoms with Crippen molar-refractivity contribution in [3.05, 3.63) is 23.1 Å². The number of fused-ring (bicyclic) bond motifs is 3. The molecule has 3 atom stereocenters. The zero-order valence-electron chi connectivity index (χ0n) is 15.4. The van der Waals surface area contributed by atoms with Crippen LogP contribution in [-0.4, -0.2) is 51.9 Å². The molecule has 1 fully saturated rings. The van der Waals surface area contributed by atoms with Crippen LogP contribution in [0.5, 0.6) is 0 Å². The maximum Gasteiger partial charge on any atom is 0.410 e. The van der Waals surface area contributed by atoms with Crippen molar-refractivity contribution in [1.29, 1.82) is 0 Å². The SMILES string of the molecule is C[C@H](O)c1nc2c(cc1F)C[C@@H]1CN(C(=O)OC(C)(C)C)C[C@@H](C)N21. The van der Waals surface area contributed by atoms with E-state index in [0.717, 1.165) is 11.4 Å². The highest BCUT2D eigenvalue weighted by Gasteiger charge is 2.42. The summed E-state index contributed by atoms with van der Waals surface area (Å²) >= 11 is 0. The molecule has 0 spiro atoms. The molecule has 0 saturated carbocycles. The van der Waals surface area contributed by atoms with E-state index in [1.165, 1.54) is 13.0 Å². The molecule has 1 saturated heterocycles. The van der Waals surface area contributed by atoms with Gasteiger partial charge in [0.25, 0.3) is 0 Å². The Bertz CT molecular complexity index is 687. The number of anilines is 1. The highest BCUT2D eigenvalue weighted by Crippen LogP contribution is 2.37. The lowest BCUT2D eigenvalue weighted by atomic mass is 10.1. The Labute approximate surface area is 147 Å². The maximum absolute atomic E-state index is 14.1. The van der Waals surface area contributed by atoms with Crippen LogP contribution in [-0.2, 0) is 11.2 Å². The molecule has 0 radical (unpaired) electrons. The van der Waals surface area contributed by atoms with Crippen molar-refractivity contribution in [2.45, 2.75) is 64.8 Å². The third-order valence-corrected chi connectivity index (χ3v) is 4.59. The molecule has 1 amide bonds. The number of pyridine rings is 1. The Balaban J connectivity index is 1.83. The number of hydrogen-bond donors (Lipinski definition) is 1. The van der Waals surface area contributed by atoms with E-state index in [0.29, 0.717) is 19.5 Å². The molecule has 0 aromatic carbocycles. The Morgan fingerprint density at radius 3 is 2.72 bits per heavy atom. The number of piperazine rings is 1. The Morgan fingerprint density at radius 1 is 1.44 bits per heavy atom. The van der Waals surface area contributed by atoms with Crippen molar-refractivity contribution in [1.82, 2.24) is 9.88 Å². The number of halogens is 1. The van der Waals surface area contributed by atoms with Crippen molar-refractivity contribution in [3.8, 4) is 0 Å². The van der Waals surface area contributed by atoms with Gasteiger partial charge in [-0.1, -0.05) is 0 Å². The van der Waals surface area contributed by atoms with E-state index in [1.807, 2.05) is 27.7 Å². The zero-order valence-corrected chi connectivity index (χ0v) is 15.4. The molecule has 1 N–H and O–H groups in total. The van der Waals surface area contributed by atoms with Crippen molar-refractivity contribution >= 4 is 11.9 Å². The second-order valence-corrected chi connectivity index (χ2v) is 8.01. The largest absolute Gasteiger partial charge is 0.444 e. The van der Waals surface area contributed by atoms with E-state index in [1.54, 1.807) is 4.90 Å². The van der Waals surface area contributed by atoms with Crippen LogP contribution in [0.15, 0.2) is 6.07 Å². The van der Waals surface area contributed by atoms with Gasteiger partial charge in [-0.25, -0.2) is 14.2 Å². The van der Waals surface area contributed by atoms with E-state index in [4.69, 9.17) is 4.74 Å². The van der Waals surface area contributed by atoms with Gasteiger partial charge >= 0.3 is 6.09 Å².